The Morgan fingerprint density at radius 3 is 0.879 bits per heavy atom. The highest BCUT2D eigenvalue weighted by atomic mass is 31.2. The van der Waals surface area contributed by atoms with Gasteiger partial charge in [-0.1, -0.05) is 298 Å². The highest BCUT2D eigenvalue weighted by molar-refractivity contribution is 7.47. The number of aliphatic hydroxyl groups is 2. The van der Waals surface area contributed by atoms with Crippen molar-refractivity contribution in [3.63, 3.8) is 0 Å². The van der Waals surface area contributed by atoms with Crippen LogP contribution in [0.3, 0.4) is 0 Å². The van der Waals surface area contributed by atoms with Crippen LogP contribution in [0.2, 0.25) is 0 Å². The molecule has 0 fully saturated rings. The van der Waals surface area contributed by atoms with Crippen LogP contribution in [0.5, 0.6) is 0 Å². The van der Waals surface area contributed by atoms with Crippen molar-refractivity contribution in [2.75, 3.05) is 39.6 Å². The Bertz CT molecular complexity index is 2190. The van der Waals surface area contributed by atoms with Crippen LogP contribution >= 0.6 is 15.6 Å². The largest absolute Gasteiger partial charge is 0.472 e. The quantitative estimate of drug-likeness (QED) is 0.0146. The summed E-state index contributed by atoms with van der Waals surface area (Å²) in [6, 6.07) is 0. The molecular formula is C81H144O16P2. The van der Waals surface area contributed by atoms with Crippen LogP contribution in [0.4, 0.5) is 0 Å². The van der Waals surface area contributed by atoms with Gasteiger partial charge in [0.1, 0.15) is 25.4 Å². The molecule has 0 heterocycles. The molecule has 574 valence electrons. The lowest BCUT2D eigenvalue weighted by molar-refractivity contribution is -0.161. The van der Waals surface area contributed by atoms with Crippen LogP contribution in [0.25, 0.3) is 0 Å². The number of aliphatic hydroxyl groups excluding tert-OH is 2. The number of esters is 3. The van der Waals surface area contributed by atoms with Crippen molar-refractivity contribution >= 4 is 33.6 Å². The van der Waals surface area contributed by atoms with E-state index in [0.29, 0.717) is 19.3 Å². The molecule has 0 aliphatic rings. The van der Waals surface area contributed by atoms with Gasteiger partial charge in [-0.3, -0.25) is 32.5 Å². The topological polar surface area (TPSA) is 231 Å². The van der Waals surface area contributed by atoms with E-state index in [-0.39, 0.29) is 19.3 Å². The Morgan fingerprint density at radius 1 is 0.293 bits per heavy atom. The molecule has 4 N–H and O–H groups in total. The van der Waals surface area contributed by atoms with Crippen molar-refractivity contribution in [2.24, 2.45) is 0 Å². The zero-order valence-corrected chi connectivity index (χ0v) is 64.4. The van der Waals surface area contributed by atoms with E-state index in [1.807, 2.05) is 0 Å². The van der Waals surface area contributed by atoms with Gasteiger partial charge in [0, 0.05) is 19.3 Å². The minimum absolute atomic E-state index is 0.0934. The molecule has 0 amide bonds. The maximum absolute atomic E-state index is 12.9. The smallest absolute Gasteiger partial charge is 0.463 e. The van der Waals surface area contributed by atoms with Crippen LogP contribution in [-0.2, 0) is 55.8 Å². The van der Waals surface area contributed by atoms with Crippen LogP contribution in [-0.4, -0.2) is 95.9 Å². The summed E-state index contributed by atoms with van der Waals surface area (Å²) in [6.07, 6.45) is 84.6. The predicted octanol–water partition coefficient (Wildman–Crippen LogP) is 23.0. The standard InChI is InChI=1S/C81H144O16P2/c1-4-7-10-13-16-19-22-25-28-30-31-32-33-34-35-36-37-38-39-40-41-42-43-45-48-49-52-55-58-61-64-67-79(84)91-70-76(82)71-93-98(87,88)94-72-77(83)73-95-99(89,90)96-75-78(97-81(86)69-66-63-60-57-54-51-46-27-24-21-18-15-12-9-6-3)74-92-80(85)68-65-62-59-56-53-50-47-44-29-26-23-20-17-14-11-8-5-2/h8,11,16-17,19-20,25-29,31-32,34-35,46,76-78,82-83H,4-7,9-10,12-15,18,21-24,30,33,36-45,47-75H2,1-3H3,(H,87,88)(H,89,90)/b11-8-,19-16-,20-17-,28-25-,29-26-,32-31-,35-34-,46-27-. The second kappa shape index (κ2) is 74.2. The van der Waals surface area contributed by atoms with Gasteiger partial charge in [0.25, 0.3) is 0 Å². The first-order chi connectivity index (χ1) is 48.2. The fourth-order valence-corrected chi connectivity index (χ4v) is 12.3. The molecule has 18 heteroatoms. The fourth-order valence-electron chi connectivity index (χ4n) is 10.7. The van der Waals surface area contributed by atoms with E-state index in [1.54, 1.807) is 0 Å². The molecule has 0 aromatic rings. The minimum atomic E-state index is -4.93. The third kappa shape index (κ3) is 75.5. The van der Waals surface area contributed by atoms with Gasteiger partial charge in [-0.2, -0.15) is 0 Å². The van der Waals surface area contributed by atoms with E-state index < -0.39 is 91.5 Å². The molecule has 0 aromatic heterocycles. The number of rotatable bonds is 75. The average molecular weight is 1440 g/mol. The maximum atomic E-state index is 12.9. The molecule has 99 heavy (non-hydrogen) atoms. The number of hydrogen-bond donors (Lipinski definition) is 4. The Kier molecular flexibility index (Phi) is 71.6. The average Bonchev–Trinajstić information content (AvgIpc) is 1.11. The third-order valence-electron chi connectivity index (χ3n) is 16.8. The highest BCUT2D eigenvalue weighted by Crippen LogP contribution is 2.45. The fraction of sp³-hybridized carbons (Fsp3) is 0.765. The first-order valence-electron chi connectivity index (χ1n) is 39.5. The Hall–Kier alpha value is -3.53. The molecule has 0 bridgehead atoms. The van der Waals surface area contributed by atoms with Gasteiger partial charge in [-0.15, -0.1) is 0 Å². The van der Waals surface area contributed by atoms with E-state index in [4.69, 9.17) is 32.3 Å². The number of ether oxygens (including phenoxy) is 3. The summed E-state index contributed by atoms with van der Waals surface area (Å²) in [5.41, 5.74) is 0. The SMILES string of the molecule is CC/C=C\C/C=C\C/C=C\CCCCCCCCCC(=O)OCC(COP(=O)(O)OCC(O)COP(=O)(O)OCC(O)COC(=O)CCCCCCCCCCCCCCCCC/C=C\C/C=C\C/C=C\C/C=C\CCCCC)OC(=O)CCCCCCC/C=C\CCCCCCCC. The summed E-state index contributed by atoms with van der Waals surface area (Å²) in [6.45, 7) is 2.55. The van der Waals surface area contributed by atoms with Crippen LogP contribution in [0.15, 0.2) is 97.2 Å². The molecule has 5 atom stereocenters. The highest BCUT2D eigenvalue weighted by Gasteiger charge is 2.29. The van der Waals surface area contributed by atoms with E-state index in [1.165, 1.54) is 141 Å². The van der Waals surface area contributed by atoms with Crippen LogP contribution in [0.1, 0.15) is 342 Å². The zero-order chi connectivity index (χ0) is 72.3. The summed E-state index contributed by atoms with van der Waals surface area (Å²) in [5.74, 6) is -1.58. The maximum Gasteiger partial charge on any atom is 0.472 e. The van der Waals surface area contributed by atoms with Crippen molar-refractivity contribution < 1.29 is 75.8 Å². The zero-order valence-electron chi connectivity index (χ0n) is 62.6. The lowest BCUT2D eigenvalue weighted by Crippen LogP contribution is -2.30. The summed E-state index contributed by atoms with van der Waals surface area (Å²) in [7, 11) is -9.78. The summed E-state index contributed by atoms with van der Waals surface area (Å²) in [5, 5.41) is 20.6. The minimum Gasteiger partial charge on any atom is -0.463 e. The van der Waals surface area contributed by atoms with Gasteiger partial charge < -0.3 is 34.2 Å². The molecule has 0 aliphatic carbocycles. The van der Waals surface area contributed by atoms with E-state index in [9.17, 15) is 43.5 Å². The lowest BCUT2D eigenvalue weighted by atomic mass is 10.0. The molecule has 0 saturated heterocycles. The third-order valence-corrected chi connectivity index (χ3v) is 18.7. The lowest BCUT2D eigenvalue weighted by Gasteiger charge is -2.21. The van der Waals surface area contributed by atoms with Crippen LogP contribution in [0, 0.1) is 0 Å². The van der Waals surface area contributed by atoms with E-state index in [0.717, 1.165) is 141 Å². The number of carbonyl (C=O) groups excluding carboxylic acids is 3. The molecule has 0 spiro atoms. The molecule has 0 aromatic carbocycles. The Morgan fingerprint density at radius 2 is 0.535 bits per heavy atom. The van der Waals surface area contributed by atoms with E-state index >= 15 is 0 Å². The number of unbranched alkanes of at least 4 members (excludes halogenated alkanes) is 36. The van der Waals surface area contributed by atoms with E-state index in [2.05, 4.69) is 118 Å². The number of phosphoric ester groups is 2. The summed E-state index contributed by atoms with van der Waals surface area (Å²) < 4.78 is 61.1. The molecule has 0 radical (unpaired) electrons. The molecule has 5 unspecified atom stereocenters. The first-order valence-corrected chi connectivity index (χ1v) is 42.5. The molecule has 0 rings (SSSR count). The van der Waals surface area contributed by atoms with Crippen molar-refractivity contribution in [3.05, 3.63) is 97.2 Å². The van der Waals surface area contributed by atoms with Gasteiger partial charge in [0.05, 0.1) is 26.4 Å². The molecule has 0 saturated carbocycles. The van der Waals surface area contributed by atoms with Crippen LogP contribution < -0.4 is 0 Å². The second-order valence-electron chi connectivity index (χ2n) is 26.5. The van der Waals surface area contributed by atoms with Gasteiger partial charge in [0.15, 0.2) is 6.10 Å². The van der Waals surface area contributed by atoms with Crippen molar-refractivity contribution in [2.45, 2.75) is 360 Å². The van der Waals surface area contributed by atoms with Crippen molar-refractivity contribution in [1.29, 1.82) is 0 Å². The molecular weight excluding hydrogens is 1290 g/mol. The first kappa shape index (κ1) is 95.5. The van der Waals surface area contributed by atoms with Gasteiger partial charge in [0.2, 0.25) is 0 Å². The predicted molar refractivity (Wildman–Crippen MR) is 408 cm³/mol. The number of hydrogen-bond acceptors (Lipinski definition) is 14. The Labute approximate surface area is 603 Å². The Balaban J connectivity index is 4.45. The number of allylic oxidation sites excluding steroid dienone is 16. The summed E-state index contributed by atoms with van der Waals surface area (Å²) in [4.78, 5) is 58.6. The molecule has 16 nitrogen and oxygen atoms in total. The van der Waals surface area contributed by atoms with Crippen molar-refractivity contribution in [1.82, 2.24) is 0 Å². The van der Waals surface area contributed by atoms with Gasteiger partial charge in [-0.25, -0.2) is 9.13 Å². The number of phosphoric acid groups is 2. The normalized spacial score (nSPS) is 14.5. The summed E-state index contributed by atoms with van der Waals surface area (Å²) >= 11 is 0. The van der Waals surface area contributed by atoms with Crippen molar-refractivity contribution in [3.8, 4) is 0 Å². The molecule has 0 aliphatic heterocycles. The van der Waals surface area contributed by atoms with Gasteiger partial charge >= 0.3 is 33.6 Å². The second-order valence-corrected chi connectivity index (χ2v) is 29.4. The van der Waals surface area contributed by atoms with Gasteiger partial charge in [-0.05, 0) is 122 Å². The number of carbonyl (C=O) groups is 3. The monoisotopic (exact) mass is 1430 g/mol.